The number of fused-ring (bicyclic) bond motifs is 5. The first-order valence-electron chi connectivity index (χ1n) is 8.57. The summed E-state index contributed by atoms with van der Waals surface area (Å²) in [4.78, 5) is 0. The van der Waals surface area contributed by atoms with E-state index >= 15 is 0 Å². The zero-order valence-corrected chi connectivity index (χ0v) is 16.6. The lowest BCUT2D eigenvalue weighted by atomic mass is 9.71. The molecular weight excluding hydrogens is 351 g/mol. The van der Waals surface area contributed by atoms with Crippen molar-refractivity contribution < 1.29 is 9.05 Å². The summed E-state index contributed by atoms with van der Waals surface area (Å²) >= 11 is 6.44. The molecule has 0 aromatic heterocycles. The highest BCUT2D eigenvalue weighted by Gasteiger charge is 2.41. The maximum atomic E-state index is 6.44. The Morgan fingerprint density at radius 1 is 1.08 bits per heavy atom. The van der Waals surface area contributed by atoms with Gasteiger partial charge < -0.3 is 9.05 Å². The summed E-state index contributed by atoms with van der Waals surface area (Å²) in [6.45, 7) is 8.90. The van der Waals surface area contributed by atoms with Crippen LogP contribution in [0.3, 0.4) is 0 Å². The third kappa shape index (κ3) is 3.01. The summed E-state index contributed by atoms with van der Waals surface area (Å²) in [5.74, 6) is 1.06. The van der Waals surface area contributed by atoms with E-state index in [-0.39, 0.29) is 17.4 Å². The van der Waals surface area contributed by atoms with Crippen LogP contribution in [0.2, 0.25) is 0 Å². The third-order valence-electron chi connectivity index (χ3n) is 5.00. The molecule has 2 aromatic carbocycles. The van der Waals surface area contributed by atoms with E-state index in [1.54, 1.807) is 0 Å². The topological polar surface area (TPSA) is 18.5 Å². The normalized spacial score (nSPS) is 26.0. The molecule has 2 aromatic rings. The fourth-order valence-corrected chi connectivity index (χ4v) is 5.05. The van der Waals surface area contributed by atoms with Crippen LogP contribution in [0.15, 0.2) is 54.1 Å². The van der Waals surface area contributed by atoms with Crippen LogP contribution in [0.5, 0.6) is 5.75 Å². The van der Waals surface area contributed by atoms with Crippen molar-refractivity contribution in [3.8, 4) is 5.75 Å². The second-order valence-electron chi connectivity index (χ2n) is 7.89. The molecule has 3 unspecified atom stereocenters. The number of rotatable bonds is 0. The second-order valence-corrected chi connectivity index (χ2v) is 9.54. The lowest BCUT2D eigenvalue weighted by molar-refractivity contribution is 0.141. The van der Waals surface area contributed by atoms with Crippen LogP contribution in [0.1, 0.15) is 33.3 Å². The van der Waals surface area contributed by atoms with E-state index in [0.717, 1.165) is 11.3 Å². The van der Waals surface area contributed by atoms with E-state index in [4.69, 9.17) is 20.3 Å². The van der Waals surface area contributed by atoms with Gasteiger partial charge in [0.2, 0.25) is 0 Å². The Hall–Kier alpha value is -1.34. The molecule has 4 rings (SSSR count). The number of hydrogen-bond donors (Lipinski definition) is 0. The fraction of sp³-hybridized carbons (Fsp3) is 0.333. The molecular formula is C21H22ClO2P. The Bertz CT molecular complexity index is 894. The van der Waals surface area contributed by atoms with Crippen molar-refractivity contribution in [3.63, 3.8) is 0 Å². The molecule has 0 bridgehead atoms. The van der Waals surface area contributed by atoms with Crippen molar-refractivity contribution in [3.05, 3.63) is 59.7 Å². The van der Waals surface area contributed by atoms with Gasteiger partial charge in [-0.15, -0.1) is 0 Å². The average molecular weight is 373 g/mol. The quantitative estimate of drug-likeness (QED) is 0.459. The molecule has 0 saturated carbocycles. The highest BCUT2D eigenvalue weighted by molar-refractivity contribution is 7.76. The molecule has 2 nitrogen and oxygen atoms in total. The van der Waals surface area contributed by atoms with E-state index < -0.39 is 7.73 Å². The van der Waals surface area contributed by atoms with Crippen LogP contribution in [-0.2, 0) is 4.52 Å². The Labute approximate surface area is 155 Å². The van der Waals surface area contributed by atoms with Crippen molar-refractivity contribution in [1.82, 2.24) is 0 Å². The zero-order valence-electron chi connectivity index (χ0n) is 14.9. The highest BCUT2D eigenvalue weighted by Crippen LogP contribution is 2.57. The molecule has 1 aliphatic carbocycles. The van der Waals surface area contributed by atoms with Gasteiger partial charge in [0.05, 0.1) is 6.10 Å². The van der Waals surface area contributed by atoms with Gasteiger partial charge in [0.25, 0.3) is 0 Å². The van der Waals surface area contributed by atoms with Gasteiger partial charge in [-0.05, 0) is 46.0 Å². The Balaban J connectivity index is 2.00. The number of benzene rings is 2. The Morgan fingerprint density at radius 2 is 1.84 bits per heavy atom. The van der Waals surface area contributed by atoms with Crippen molar-refractivity contribution in [2.45, 2.75) is 33.8 Å². The smallest absolute Gasteiger partial charge is 0.339 e. The number of halogens is 1. The van der Waals surface area contributed by atoms with Crippen molar-refractivity contribution >= 4 is 35.3 Å². The van der Waals surface area contributed by atoms with Crippen LogP contribution < -0.4 is 4.52 Å². The first-order chi connectivity index (χ1) is 11.8. The van der Waals surface area contributed by atoms with E-state index in [1.807, 2.05) is 6.07 Å². The highest BCUT2D eigenvalue weighted by atomic mass is 35.7. The zero-order chi connectivity index (χ0) is 17.8. The van der Waals surface area contributed by atoms with Crippen LogP contribution in [0.25, 0.3) is 16.3 Å². The van der Waals surface area contributed by atoms with Gasteiger partial charge in [-0.3, -0.25) is 0 Å². The molecule has 130 valence electrons. The summed E-state index contributed by atoms with van der Waals surface area (Å²) in [5, 5.41) is 2.38. The van der Waals surface area contributed by atoms with Crippen molar-refractivity contribution in [2.24, 2.45) is 11.3 Å². The predicted octanol–water partition coefficient (Wildman–Crippen LogP) is 7.09. The summed E-state index contributed by atoms with van der Waals surface area (Å²) < 4.78 is 12.2. The summed E-state index contributed by atoms with van der Waals surface area (Å²) in [5.41, 5.74) is 3.62. The molecule has 0 N–H and O–H groups in total. The molecule has 0 amide bonds. The maximum absolute atomic E-state index is 6.44. The molecule has 0 saturated heterocycles. The monoisotopic (exact) mass is 372 g/mol. The third-order valence-corrected chi connectivity index (χ3v) is 6.18. The van der Waals surface area contributed by atoms with Gasteiger partial charge in [0.15, 0.2) is 0 Å². The van der Waals surface area contributed by atoms with Crippen LogP contribution in [0.4, 0.5) is 0 Å². The Kier molecular flexibility index (Phi) is 4.19. The lowest BCUT2D eigenvalue weighted by Crippen LogP contribution is -2.34. The molecule has 4 heteroatoms. The summed E-state index contributed by atoms with van der Waals surface area (Å²) in [7, 11) is -1.49. The fourth-order valence-electron chi connectivity index (χ4n) is 3.79. The standard InChI is InChI=1S/C21H22ClO2P/c1-13-11-16-19-15-8-6-5-7-14(15)9-10-18(19)23-25(22)24-20(16)17(12-13)21(2,3)4/h5-12,17,20H,1-4H3. The first-order valence-corrected chi connectivity index (χ1v) is 10.7. The second kappa shape index (κ2) is 6.13. The predicted molar refractivity (Wildman–Crippen MR) is 107 cm³/mol. The lowest BCUT2D eigenvalue weighted by Gasteiger charge is -2.38. The molecule has 2 aliphatic rings. The minimum absolute atomic E-state index is 0.0631. The van der Waals surface area contributed by atoms with Gasteiger partial charge in [-0.25, -0.2) is 0 Å². The first kappa shape index (κ1) is 17.1. The maximum Gasteiger partial charge on any atom is 0.339 e. The molecule has 1 heterocycles. The number of allylic oxidation sites excluding steroid dienone is 2. The van der Waals surface area contributed by atoms with E-state index in [9.17, 15) is 0 Å². The summed E-state index contributed by atoms with van der Waals surface area (Å²) in [6, 6.07) is 12.5. The van der Waals surface area contributed by atoms with Gasteiger partial charge in [0.1, 0.15) is 5.75 Å². The van der Waals surface area contributed by atoms with Crippen LogP contribution in [0, 0.1) is 11.3 Å². The molecule has 1 aliphatic heterocycles. The van der Waals surface area contributed by atoms with Gasteiger partial charge >= 0.3 is 7.73 Å². The van der Waals surface area contributed by atoms with E-state index in [0.29, 0.717) is 0 Å². The molecule has 0 radical (unpaired) electrons. The molecule has 0 spiro atoms. The van der Waals surface area contributed by atoms with Crippen molar-refractivity contribution in [1.29, 1.82) is 0 Å². The van der Waals surface area contributed by atoms with Gasteiger partial charge in [0, 0.05) is 11.5 Å². The van der Waals surface area contributed by atoms with Gasteiger partial charge in [-0.1, -0.05) is 68.8 Å². The molecule has 3 atom stereocenters. The van der Waals surface area contributed by atoms with Crippen LogP contribution in [-0.4, -0.2) is 6.10 Å². The SMILES string of the molecule is CC1=CC(C(C)(C)C)C2OP(Cl)Oc3ccc4ccccc4c3C2=C1. The van der Waals surface area contributed by atoms with E-state index in [1.165, 1.54) is 21.9 Å². The molecule has 25 heavy (non-hydrogen) atoms. The van der Waals surface area contributed by atoms with Crippen LogP contribution >= 0.6 is 19.0 Å². The number of hydrogen-bond acceptors (Lipinski definition) is 2. The minimum Gasteiger partial charge on any atom is -0.435 e. The summed E-state index contributed by atoms with van der Waals surface area (Å²) in [6.07, 6.45) is 4.44. The van der Waals surface area contributed by atoms with Gasteiger partial charge in [-0.2, -0.15) is 0 Å². The minimum atomic E-state index is -1.49. The van der Waals surface area contributed by atoms with Crippen molar-refractivity contribution in [2.75, 3.05) is 0 Å². The average Bonchev–Trinajstić information content (AvgIpc) is 2.69. The molecule has 0 fully saturated rings. The van der Waals surface area contributed by atoms with E-state index in [2.05, 4.69) is 70.2 Å². The Morgan fingerprint density at radius 3 is 2.60 bits per heavy atom. The largest absolute Gasteiger partial charge is 0.435 e.